The molecule has 0 aliphatic carbocycles. The van der Waals surface area contributed by atoms with Crippen LogP contribution in [0.2, 0.25) is 0 Å². The predicted molar refractivity (Wildman–Crippen MR) is 77.7 cm³/mol. The van der Waals surface area contributed by atoms with Crippen molar-refractivity contribution >= 4 is 0 Å². The summed E-state index contributed by atoms with van der Waals surface area (Å²) in [5.41, 5.74) is 0.637. The van der Waals surface area contributed by atoms with Crippen molar-refractivity contribution in [3.05, 3.63) is 29.8 Å². The Morgan fingerprint density at radius 1 is 1.45 bits per heavy atom. The largest absolute Gasteiger partial charge is 0.494 e. The van der Waals surface area contributed by atoms with Crippen molar-refractivity contribution in [3.8, 4) is 11.8 Å². The van der Waals surface area contributed by atoms with E-state index < -0.39 is 0 Å². The van der Waals surface area contributed by atoms with Crippen LogP contribution in [0.3, 0.4) is 0 Å². The van der Waals surface area contributed by atoms with E-state index in [4.69, 9.17) is 14.7 Å². The first-order valence-corrected chi connectivity index (χ1v) is 7.17. The topological polar surface area (TPSA) is 45.5 Å². The highest BCUT2D eigenvalue weighted by Gasteiger charge is 2.22. The minimum absolute atomic E-state index is 0.319. The predicted octanol–water partition coefficient (Wildman–Crippen LogP) is 2.44. The normalized spacial score (nSPS) is 23.2. The van der Waals surface area contributed by atoms with E-state index in [0.717, 1.165) is 31.9 Å². The Bertz CT molecular complexity index is 470. The molecule has 4 heteroatoms. The average Bonchev–Trinajstić information content (AvgIpc) is 2.47. The molecule has 108 valence electrons. The Labute approximate surface area is 120 Å². The standard InChI is InChI=1S/C16H22N2O2/c1-13-12-20-14(2)11-18(13)7-4-8-19-16-6-3-5-15(9-16)10-17/h3,5-6,9,13-14H,4,7-8,11-12H2,1-2H3. The number of ether oxygens (including phenoxy) is 2. The molecular weight excluding hydrogens is 252 g/mol. The molecule has 4 nitrogen and oxygen atoms in total. The molecule has 0 aromatic heterocycles. The van der Waals surface area contributed by atoms with Crippen LogP contribution < -0.4 is 4.74 Å². The molecule has 1 aromatic carbocycles. The third-order valence-corrected chi connectivity index (χ3v) is 3.56. The number of rotatable bonds is 5. The smallest absolute Gasteiger partial charge is 0.120 e. The average molecular weight is 274 g/mol. The van der Waals surface area contributed by atoms with Gasteiger partial charge in [0.2, 0.25) is 0 Å². The zero-order valence-corrected chi connectivity index (χ0v) is 12.2. The number of nitriles is 1. The Kier molecular flexibility index (Phi) is 5.40. The first kappa shape index (κ1) is 14.8. The van der Waals surface area contributed by atoms with E-state index in [1.807, 2.05) is 12.1 Å². The molecule has 2 rings (SSSR count). The van der Waals surface area contributed by atoms with E-state index in [-0.39, 0.29) is 0 Å². The lowest BCUT2D eigenvalue weighted by atomic mass is 10.2. The number of hydrogen-bond acceptors (Lipinski definition) is 4. The molecule has 1 saturated heterocycles. The molecule has 0 bridgehead atoms. The van der Waals surface area contributed by atoms with Crippen LogP contribution in [0.5, 0.6) is 5.75 Å². The molecule has 0 N–H and O–H groups in total. The van der Waals surface area contributed by atoms with Gasteiger partial charge >= 0.3 is 0 Å². The SMILES string of the molecule is CC1CN(CCCOc2cccc(C#N)c2)C(C)CO1. The molecule has 0 amide bonds. The highest BCUT2D eigenvalue weighted by Crippen LogP contribution is 2.14. The van der Waals surface area contributed by atoms with Crippen LogP contribution in [0.15, 0.2) is 24.3 Å². The second-order valence-electron chi connectivity index (χ2n) is 5.33. The fourth-order valence-corrected chi connectivity index (χ4v) is 2.40. The molecule has 20 heavy (non-hydrogen) atoms. The molecule has 1 aromatic rings. The summed E-state index contributed by atoms with van der Waals surface area (Å²) in [6, 6.07) is 9.89. The maximum absolute atomic E-state index is 8.83. The first-order chi connectivity index (χ1) is 9.69. The molecule has 1 heterocycles. The molecule has 1 aliphatic rings. The summed E-state index contributed by atoms with van der Waals surface area (Å²) in [4.78, 5) is 2.45. The third kappa shape index (κ3) is 4.22. The molecule has 2 unspecified atom stereocenters. The van der Waals surface area contributed by atoms with Crippen molar-refractivity contribution in [2.24, 2.45) is 0 Å². The van der Waals surface area contributed by atoms with Crippen molar-refractivity contribution in [3.63, 3.8) is 0 Å². The second-order valence-corrected chi connectivity index (χ2v) is 5.33. The summed E-state index contributed by atoms with van der Waals surface area (Å²) >= 11 is 0. The Morgan fingerprint density at radius 3 is 3.10 bits per heavy atom. The van der Waals surface area contributed by atoms with Gasteiger partial charge in [0.15, 0.2) is 0 Å². The first-order valence-electron chi connectivity index (χ1n) is 7.17. The van der Waals surface area contributed by atoms with Gasteiger partial charge in [-0.2, -0.15) is 5.26 Å². The van der Waals surface area contributed by atoms with Gasteiger partial charge in [-0.25, -0.2) is 0 Å². The lowest BCUT2D eigenvalue weighted by Gasteiger charge is -2.36. The minimum atomic E-state index is 0.319. The van der Waals surface area contributed by atoms with Gasteiger partial charge < -0.3 is 9.47 Å². The van der Waals surface area contributed by atoms with Gasteiger partial charge in [-0.1, -0.05) is 6.07 Å². The van der Waals surface area contributed by atoms with Crippen LogP contribution in [0.25, 0.3) is 0 Å². The quantitative estimate of drug-likeness (QED) is 0.774. The molecule has 0 spiro atoms. The van der Waals surface area contributed by atoms with E-state index in [9.17, 15) is 0 Å². The minimum Gasteiger partial charge on any atom is -0.494 e. The number of nitrogens with zero attached hydrogens (tertiary/aromatic N) is 2. The zero-order valence-electron chi connectivity index (χ0n) is 12.2. The van der Waals surface area contributed by atoms with Gasteiger partial charge in [-0.3, -0.25) is 4.90 Å². The van der Waals surface area contributed by atoms with Crippen molar-refractivity contribution < 1.29 is 9.47 Å². The molecule has 2 atom stereocenters. The summed E-state index contributed by atoms with van der Waals surface area (Å²) < 4.78 is 11.3. The highest BCUT2D eigenvalue weighted by atomic mass is 16.5. The number of benzene rings is 1. The number of morpholine rings is 1. The fraction of sp³-hybridized carbons (Fsp3) is 0.562. The van der Waals surface area contributed by atoms with Crippen molar-refractivity contribution in [2.75, 3.05) is 26.3 Å². The van der Waals surface area contributed by atoms with Gasteiger partial charge in [0.25, 0.3) is 0 Å². The van der Waals surface area contributed by atoms with E-state index in [1.54, 1.807) is 12.1 Å². The monoisotopic (exact) mass is 274 g/mol. The summed E-state index contributed by atoms with van der Waals surface area (Å²) in [5, 5.41) is 8.83. The highest BCUT2D eigenvalue weighted by molar-refractivity contribution is 5.36. The molecule has 1 fully saturated rings. The van der Waals surface area contributed by atoms with Crippen molar-refractivity contribution in [1.29, 1.82) is 5.26 Å². The van der Waals surface area contributed by atoms with E-state index >= 15 is 0 Å². The van der Waals surface area contributed by atoms with Crippen LogP contribution in [-0.2, 0) is 4.74 Å². The Balaban J connectivity index is 1.72. The van der Waals surface area contributed by atoms with Gasteiger partial charge in [0.05, 0.1) is 31.0 Å². The van der Waals surface area contributed by atoms with Crippen LogP contribution >= 0.6 is 0 Å². The van der Waals surface area contributed by atoms with Gasteiger partial charge in [-0.15, -0.1) is 0 Å². The summed E-state index contributed by atoms with van der Waals surface area (Å²) in [7, 11) is 0. The molecular formula is C16H22N2O2. The lowest BCUT2D eigenvalue weighted by Crippen LogP contribution is -2.47. The van der Waals surface area contributed by atoms with Crippen LogP contribution in [0.1, 0.15) is 25.8 Å². The zero-order chi connectivity index (χ0) is 14.4. The van der Waals surface area contributed by atoms with Crippen molar-refractivity contribution in [1.82, 2.24) is 4.90 Å². The van der Waals surface area contributed by atoms with Gasteiger partial charge in [-0.05, 0) is 38.5 Å². The Hall–Kier alpha value is -1.57. The maximum atomic E-state index is 8.83. The van der Waals surface area contributed by atoms with E-state index in [0.29, 0.717) is 24.3 Å². The van der Waals surface area contributed by atoms with Crippen molar-refractivity contribution in [2.45, 2.75) is 32.4 Å². The van der Waals surface area contributed by atoms with E-state index in [2.05, 4.69) is 24.8 Å². The fourth-order valence-electron chi connectivity index (χ4n) is 2.40. The molecule has 0 radical (unpaired) electrons. The Morgan fingerprint density at radius 2 is 2.30 bits per heavy atom. The van der Waals surface area contributed by atoms with Crippen LogP contribution in [-0.4, -0.2) is 43.3 Å². The lowest BCUT2D eigenvalue weighted by molar-refractivity contribution is -0.0502. The van der Waals surface area contributed by atoms with Gasteiger partial charge in [0, 0.05) is 19.1 Å². The van der Waals surface area contributed by atoms with E-state index in [1.165, 1.54) is 0 Å². The molecule has 1 aliphatic heterocycles. The maximum Gasteiger partial charge on any atom is 0.120 e. The number of hydrogen-bond donors (Lipinski definition) is 0. The summed E-state index contributed by atoms with van der Waals surface area (Å²) in [6.45, 7) is 7.81. The summed E-state index contributed by atoms with van der Waals surface area (Å²) in [6.07, 6.45) is 1.30. The third-order valence-electron chi connectivity index (χ3n) is 3.56. The van der Waals surface area contributed by atoms with Crippen LogP contribution in [0.4, 0.5) is 0 Å². The van der Waals surface area contributed by atoms with Crippen LogP contribution in [0, 0.1) is 11.3 Å². The molecule has 0 saturated carbocycles. The summed E-state index contributed by atoms with van der Waals surface area (Å²) in [5.74, 6) is 0.771. The second kappa shape index (κ2) is 7.28. The van der Waals surface area contributed by atoms with Gasteiger partial charge in [0.1, 0.15) is 5.75 Å².